The molecule has 3 nitrogen and oxygen atoms in total. The summed E-state index contributed by atoms with van der Waals surface area (Å²) in [6.45, 7) is 15.4. The van der Waals surface area contributed by atoms with Gasteiger partial charge in [0.2, 0.25) is 8.32 Å². The van der Waals surface area contributed by atoms with Gasteiger partial charge in [-0.1, -0.05) is 53.7 Å². The van der Waals surface area contributed by atoms with Crippen molar-refractivity contribution in [3.63, 3.8) is 0 Å². The molecule has 0 aromatic carbocycles. The van der Waals surface area contributed by atoms with E-state index < -0.39 is 8.32 Å². The monoisotopic (exact) mass is 283 g/mol. The average molecular weight is 283 g/mol. The fraction of sp³-hybridized carbons (Fsp3) is 0.800. The summed E-state index contributed by atoms with van der Waals surface area (Å²) in [6.07, 6.45) is 3.71. The van der Waals surface area contributed by atoms with Gasteiger partial charge in [0, 0.05) is 0 Å². The van der Waals surface area contributed by atoms with E-state index in [2.05, 4.69) is 46.9 Å². The van der Waals surface area contributed by atoms with Gasteiger partial charge in [-0.3, -0.25) is 4.79 Å². The maximum atomic E-state index is 11.8. The van der Waals surface area contributed by atoms with Crippen LogP contribution in [-0.4, -0.2) is 26.4 Å². The maximum absolute atomic E-state index is 11.8. The molecule has 0 unspecified atom stereocenters. The zero-order chi connectivity index (χ0) is 14.8. The Kier molecular flexibility index (Phi) is 5.39. The first-order valence-corrected chi connectivity index (χ1v) is 9.52. The Morgan fingerprint density at radius 2 is 1.58 bits per heavy atom. The van der Waals surface area contributed by atoms with Gasteiger partial charge in [-0.15, -0.1) is 0 Å². The number of nitrogens with one attached hydrogen (secondary N) is 1. The minimum absolute atomic E-state index is 0.0434. The second-order valence-corrected chi connectivity index (χ2v) is 11.8. The lowest BCUT2D eigenvalue weighted by Crippen LogP contribution is -2.67. The number of allylic oxidation sites excluding steroid dienone is 1. The summed E-state index contributed by atoms with van der Waals surface area (Å²) in [5.41, 5.74) is 1.52. The summed E-state index contributed by atoms with van der Waals surface area (Å²) >= 11 is 0. The number of rotatable bonds is 6. The summed E-state index contributed by atoms with van der Waals surface area (Å²) in [5.74, 6) is 0.0434. The summed E-state index contributed by atoms with van der Waals surface area (Å²) in [6, 6.07) is 0.0561. The minimum atomic E-state index is -1.97. The van der Waals surface area contributed by atoms with Gasteiger partial charge in [-0.25, -0.2) is 0 Å². The number of hydrogen-bond acceptors (Lipinski definition) is 2. The second kappa shape index (κ2) is 6.22. The van der Waals surface area contributed by atoms with Gasteiger partial charge in [-0.2, -0.15) is 0 Å². The Bertz CT molecular complexity index is 328. The molecular weight excluding hydrogens is 254 g/mol. The van der Waals surface area contributed by atoms with Gasteiger partial charge in [0.1, 0.15) is 6.10 Å². The summed E-state index contributed by atoms with van der Waals surface area (Å²) in [4.78, 5) is 11.8. The molecule has 110 valence electrons. The first-order valence-electron chi connectivity index (χ1n) is 7.38. The Balaban J connectivity index is 2.98. The summed E-state index contributed by atoms with van der Waals surface area (Å²) in [7, 11) is -1.97. The molecule has 19 heavy (non-hydrogen) atoms. The van der Waals surface area contributed by atoms with Crippen LogP contribution < -0.4 is 5.32 Å². The molecule has 0 aromatic heterocycles. The van der Waals surface area contributed by atoms with Gasteiger partial charge in [-0.05, 0) is 23.5 Å². The zero-order valence-corrected chi connectivity index (χ0v) is 14.4. The molecule has 1 rings (SSSR count). The molecule has 1 heterocycles. The number of β-lactam (4-membered cyclic amide) rings is 1. The van der Waals surface area contributed by atoms with Gasteiger partial charge >= 0.3 is 0 Å². The van der Waals surface area contributed by atoms with Crippen LogP contribution in [0.15, 0.2) is 12.2 Å². The molecule has 0 spiro atoms. The van der Waals surface area contributed by atoms with Crippen LogP contribution in [-0.2, 0) is 9.22 Å². The largest absolute Gasteiger partial charge is 0.402 e. The molecule has 0 bridgehead atoms. The number of carbonyl (C=O) groups excluding carboxylic acids is 1. The van der Waals surface area contributed by atoms with E-state index in [1.54, 1.807) is 0 Å². The first kappa shape index (κ1) is 16.4. The molecule has 2 atom stereocenters. The van der Waals surface area contributed by atoms with Crippen LogP contribution in [0.2, 0.25) is 16.6 Å². The topological polar surface area (TPSA) is 38.3 Å². The molecule has 1 aliphatic heterocycles. The highest BCUT2D eigenvalue weighted by molar-refractivity contribution is 6.77. The van der Waals surface area contributed by atoms with Crippen molar-refractivity contribution in [1.29, 1.82) is 0 Å². The lowest BCUT2D eigenvalue weighted by atomic mass is 10.0. The van der Waals surface area contributed by atoms with E-state index >= 15 is 0 Å². The quantitative estimate of drug-likeness (QED) is 0.459. The van der Waals surface area contributed by atoms with E-state index in [-0.39, 0.29) is 18.1 Å². The highest BCUT2D eigenvalue weighted by Crippen LogP contribution is 2.43. The Labute approximate surface area is 118 Å². The predicted molar refractivity (Wildman–Crippen MR) is 82.7 cm³/mol. The normalized spacial score (nSPS) is 24.4. The van der Waals surface area contributed by atoms with Crippen LogP contribution in [0.25, 0.3) is 0 Å². The Morgan fingerprint density at radius 3 is 1.89 bits per heavy atom. The van der Waals surface area contributed by atoms with Crippen LogP contribution in [0.4, 0.5) is 0 Å². The average Bonchev–Trinajstić information content (AvgIpc) is 2.28. The predicted octanol–water partition coefficient (Wildman–Crippen LogP) is 3.62. The third-order valence-electron chi connectivity index (χ3n) is 4.33. The van der Waals surface area contributed by atoms with Crippen molar-refractivity contribution in [2.24, 2.45) is 0 Å². The van der Waals surface area contributed by atoms with E-state index in [0.717, 1.165) is 0 Å². The zero-order valence-electron chi connectivity index (χ0n) is 13.4. The van der Waals surface area contributed by atoms with E-state index in [1.807, 2.05) is 19.1 Å². The van der Waals surface area contributed by atoms with Crippen LogP contribution in [0.3, 0.4) is 0 Å². The lowest BCUT2D eigenvalue weighted by molar-refractivity contribution is -0.139. The van der Waals surface area contributed by atoms with E-state index in [0.29, 0.717) is 16.6 Å². The van der Waals surface area contributed by atoms with Crippen molar-refractivity contribution in [1.82, 2.24) is 5.32 Å². The molecule has 1 aliphatic rings. The van der Waals surface area contributed by atoms with Gasteiger partial charge in [0.05, 0.1) is 6.04 Å². The molecule has 0 saturated carbocycles. The second-order valence-electron chi connectivity index (χ2n) is 6.42. The molecule has 1 amide bonds. The van der Waals surface area contributed by atoms with Crippen LogP contribution >= 0.6 is 0 Å². The van der Waals surface area contributed by atoms with Crippen LogP contribution in [0.1, 0.15) is 48.5 Å². The van der Waals surface area contributed by atoms with Crippen molar-refractivity contribution in [3.8, 4) is 0 Å². The Hall–Kier alpha value is -0.613. The minimum Gasteiger partial charge on any atom is -0.402 e. The summed E-state index contributed by atoms with van der Waals surface area (Å²) in [5, 5.41) is 2.90. The van der Waals surface area contributed by atoms with E-state index in [9.17, 15) is 4.79 Å². The molecule has 1 saturated heterocycles. The third kappa shape index (κ3) is 2.94. The molecule has 0 radical (unpaired) electrons. The van der Waals surface area contributed by atoms with Crippen LogP contribution in [0.5, 0.6) is 0 Å². The molecule has 0 aromatic rings. The van der Waals surface area contributed by atoms with Gasteiger partial charge in [0.25, 0.3) is 5.91 Å². The lowest BCUT2D eigenvalue weighted by Gasteiger charge is -2.48. The van der Waals surface area contributed by atoms with Crippen molar-refractivity contribution in [2.45, 2.75) is 77.2 Å². The highest BCUT2D eigenvalue weighted by atomic mass is 28.4. The molecule has 1 fully saturated rings. The maximum Gasteiger partial charge on any atom is 0.250 e. The molecule has 0 aliphatic carbocycles. The fourth-order valence-electron chi connectivity index (χ4n) is 3.50. The van der Waals surface area contributed by atoms with E-state index in [1.165, 1.54) is 0 Å². The van der Waals surface area contributed by atoms with Crippen molar-refractivity contribution >= 4 is 14.2 Å². The smallest absolute Gasteiger partial charge is 0.250 e. The number of hydrogen-bond donors (Lipinski definition) is 1. The van der Waals surface area contributed by atoms with Crippen molar-refractivity contribution < 1.29 is 9.22 Å². The highest BCUT2D eigenvalue weighted by Gasteiger charge is 2.51. The van der Waals surface area contributed by atoms with Crippen LogP contribution in [0, 0.1) is 0 Å². The SMILES string of the molecule is C/C=C\[C@@H]1NC(=O)[C@@H]1O[Si](C(C)C)(C(C)C)C(C)C. The molecule has 4 heteroatoms. The summed E-state index contributed by atoms with van der Waals surface area (Å²) < 4.78 is 6.51. The van der Waals surface area contributed by atoms with E-state index in [4.69, 9.17) is 4.43 Å². The van der Waals surface area contributed by atoms with Gasteiger partial charge in [0.15, 0.2) is 0 Å². The first-order chi connectivity index (χ1) is 8.77. The van der Waals surface area contributed by atoms with Crippen molar-refractivity contribution in [3.05, 3.63) is 12.2 Å². The number of amides is 1. The fourth-order valence-corrected chi connectivity index (χ4v) is 9.01. The molecular formula is C15H29NO2Si. The standard InChI is InChI=1S/C15H29NO2Si/c1-8-9-13-14(15(17)16-13)18-19(10(2)3,11(4)5)12(6)7/h8-14H,1-7H3,(H,16,17)/b9-8-/t13-,14+/m0/s1. The number of carbonyl (C=O) groups is 1. The molecule has 1 N–H and O–H groups in total. The Morgan fingerprint density at radius 1 is 1.11 bits per heavy atom. The third-order valence-corrected chi connectivity index (χ3v) is 10.4. The van der Waals surface area contributed by atoms with Gasteiger partial charge < -0.3 is 9.74 Å². The van der Waals surface area contributed by atoms with Crippen molar-refractivity contribution in [2.75, 3.05) is 0 Å².